The minimum absolute atomic E-state index is 0.0274. The standard InChI is InChI=1S/C24H28O6S2/c1-3-19-17-24(31(25,26)20-11-6-4-7-12-20,32(27,28)21-13-8-5-9-14-21)18-22(30-19)23(2)15-10-16-29-23/h3-9,11-14,19,22H,1,10,15-18H2,2H3/t19-,22-,23+/m1/s1. The molecule has 2 aromatic rings. The maximum Gasteiger partial charge on any atom is 0.199 e. The summed E-state index contributed by atoms with van der Waals surface area (Å²) in [5.41, 5.74) is -0.772. The highest BCUT2D eigenvalue weighted by Gasteiger charge is 2.62. The van der Waals surface area contributed by atoms with E-state index < -0.39 is 41.6 Å². The quantitative estimate of drug-likeness (QED) is 0.587. The van der Waals surface area contributed by atoms with E-state index in [9.17, 15) is 16.8 Å². The summed E-state index contributed by atoms with van der Waals surface area (Å²) in [6.45, 7) is 6.18. The zero-order valence-corrected chi connectivity index (χ0v) is 19.6. The Morgan fingerprint density at radius 1 is 0.906 bits per heavy atom. The molecule has 172 valence electrons. The first-order chi connectivity index (χ1) is 15.2. The molecule has 2 heterocycles. The summed E-state index contributed by atoms with van der Waals surface area (Å²) in [5.74, 6) is 0. The Bertz CT molecular complexity index is 1100. The van der Waals surface area contributed by atoms with Crippen molar-refractivity contribution in [1.29, 1.82) is 0 Å². The van der Waals surface area contributed by atoms with Gasteiger partial charge in [0.15, 0.2) is 23.8 Å². The van der Waals surface area contributed by atoms with E-state index in [2.05, 4.69) is 6.58 Å². The van der Waals surface area contributed by atoms with Crippen LogP contribution in [0.4, 0.5) is 0 Å². The predicted octanol–water partition coefficient (Wildman–Crippen LogP) is 3.93. The molecule has 0 radical (unpaired) electrons. The molecule has 0 N–H and O–H groups in total. The van der Waals surface area contributed by atoms with Crippen LogP contribution in [0.25, 0.3) is 0 Å². The van der Waals surface area contributed by atoms with E-state index in [0.717, 1.165) is 6.42 Å². The van der Waals surface area contributed by atoms with Crippen LogP contribution in [0.3, 0.4) is 0 Å². The zero-order chi connectivity index (χ0) is 23.0. The van der Waals surface area contributed by atoms with Crippen molar-refractivity contribution >= 4 is 19.7 Å². The molecule has 2 saturated heterocycles. The summed E-state index contributed by atoms with van der Waals surface area (Å²) in [6.07, 6.45) is 1.01. The highest BCUT2D eigenvalue weighted by atomic mass is 32.3. The second kappa shape index (κ2) is 8.41. The van der Waals surface area contributed by atoms with Gasteiger partial charge >= 0.3 is 0 Å². The number of hydrogen-bond acceptors (Lipinski definition) is 6. The van der Waals surface area contributed by atoms with Crippen LogP contribution in [-0.4, -0.2) is 45.3 Å². The smallest absolute Gasteiger partial charge is 0.199 e. The molecule has 2 fully saturated rings. The first-order valence-corrected chi connectivity index (χ1v) is 13.6. The number of rotatable bonds is 6. The summed E-state index contributed by atoms with van der Waals surface area (Å²) < 4.78 is 66.6. The van der Waals surface area contributed by atoms with Crippen molar-refractivity contribution in [2.75, 3.05) is 6.61 Å². The van der Waals surface area contributed by atoms with Crippen LogP contribution in [0.1, 0.15) is 32.6 Å². The molecule has 0 unspecified atom stereocenters. The molecule has 2 aromatic carbocycles. The van der Waals surface area contributed by atoms with Gasteiger partial charge in [0.05, 0.1) is 27.6 Å². The fourth-order valence-corrected chi connectivity index (χ4v) is 9.88. The van der Waals surface area contributed by atoms with Crippen LogP contribution >= 0.6 is 0 Å². The van der Waals surface area contributed by atoms with Gasteiger partial charge in [-0.05, 0) is 44.0 Å². The van der Waals surface area contributed by atoms with E-state index in [4.69, 9.17) is 9.47 Å². The van der Waals surface area contributed by atoms with Gasteiger partial charge < -0.3 is 9.47 Å². The van der Waals surface area contributed by atoms with Crippen LogP contribution in [0.5, 0.6) is 0 Å². The Morgan fingerprint density at radius 3 is 1.88 bits per heavy atom. The largest absolute Gasteiger partial charge is 0.373 e. The maximum absolute atomic E-state index is 14.1. The Kier molecular flexibility index (Phi) is 6.09. The van der Waals surface area contributed by atoms with Gasteiger partial charge in [-0.25, -0.2) is 16.8 Å². The molecule has 0 spiro atoms. The highest BCUT2D eigenvalue weighted by Crippen LogP contribution is 2.49. The molecule has 0 aliphatic carbocycles. The Morgan fingerprint density at radius 2 is 1.44 bits per heavy atom. The van der Waals surface area contributed by atoms with Crippen molar-refractivity contribution in [3.8, 4) is 0 Å². The third-order valence-electron chi connectivity index (χ3n) is 6.63. The molecule has 0 bridgehead atoms. The fraction of sp³-hybridized carbons (Fsp3) is 0.417. The molecular weight excluding hydrogens is 448 g/mol. The lowest BCUT2D eigenvalue weighted by atomic mass is 9.88. The Labute approximate surface area is 190 Å². The topological polar surface area (TPSA) is 86.7 Å². The van der Waals surface area contributed by atoms with Gasteiger partial charge in [0, 0.05) is 19.4 Å². The average Bonchev–Trinajstić information content (AvgIpc) is 3.27. The van der Waals surface area contributed by atoms with Crippen molar-refractivity contribution in [2.24, 2.45) is 0 Å². The second-order valence-electron chi connectivity index (χ2n) is 8.62. The fourth-order valence-electron chi connectivity index (χ4n) is 4.74. The molecule has 0 aromatic heterocycles. The summed E-state index contributed by atoms with van der Waals surface area (Å²) in [7, 11) is -8.67. The van der Waals surface area contributed by atoms with Crippen LogP contribution in [0.15, 0.2) is 83.1 Å². The van der Waals surface area contributed by atoms with Gasteiger partial charge in [-0.1, -0.05) is 42.5 Å². The molecule has 8 heteroatoms. The van der Waals surface area contributed by atoms with E-state index in [1.165, 1.54) is 30.3 Å². The number of benzene rings is 2. The molecule has 2 aliphatic rings. The summed E-state index contributed by atoms with van der Waals surface area (Å²) >= 11 is 0. The first kappa shape index (κ1) is 23.2. The SMILES string of the molecule is C=C[C@@H]1CC(S(=O)(=O)c2ccccc2)(S(=O)(=O)c2ccccc2)C[C@H]([C@]2(C)CCCO2)O1. The molecule has 32 heavy (non-hydrogen) atoms. The normalized spacial score (nSPS) is 28.3. The van der Waals surface area contributed by atoms with Gasteiger partial charge in [-0.15, -0.1) is 6.58 Å². The minimum atomic E-state index is -4.33. The van der Waals surface area contributed by atoms with Crippen LogP contribution in [-0.2, 0) is 29.1 Å². The van der Waals surface area contributed by atoms with E-state index >= 15 is 0 Å². The average molecular weight is 477 g/mol. The van der Waals surface area contributed by atoms with E-state index in [1.807, 2.05) is 6.92 Å². The molecular formula is C24H28O6S2. The van der Waals surface area contributed by atoms with Crippen molar-refractivity contribution in [2.45, 2.75) is 64.3 Å². The lowest BCUT2D eigenvalue weighted by Crippen LogP contribution is -2.59. The first-order valence-electron chi connectivity index (χ1n) is 10.7. The van der Waals surface area contributed by atoms with E-state index in [-0.39, 0.29) is 22.6 Å². The molecule has 2 aliphatic heterocycles. The van der Waals surface area contributed by atoms with Crippen molar-refractivity contribution in [3.05, 3.63) is 73.3 Å². The Balaban J connectivity index is 1.96. The lowest BCUT2D eigenvalue weighted by Gasteiger charge is -2.46. The van der Waals surface area contributed by atoms with Crippen molar-refractivity contribution in [1.82, 2.24) is 0 Å². The molecule has 3 atom stereocenters. The third-order valence-corrected chi connectivity index (χ3v) is 12.4. The third kappa shape index (κ3) is 3.63. The predicted molar refractivity (Wildman–Crippen MR) is 122 cm³/mol. The summed E-state index contributed by atoms with van der Waals surface area (Å²) in [5, 5.41) is 0. The Hall–Kier alpha value is -2.00. The van der Waals surface area contributed by atoms with Gasteiger partial charge in [-0.3, -0.25) is 0 Å². The van der Waals surface area contributed by atoms with Gasteiger partial charge in [0.1, 0.15) is 0 Å². The van der Waals surface area contributed by atoms with Gasteiger partial charge in [0.2, 0.25) is 0 Å². The summed E-state index contributed by atoms with van der Waals surface area (Å²) in [6, 6.07) is 15.6. The second-order valence-corrected chi connectivity index (χ2v) is 13.4. The van der Waals surface area contributed by atoms with Crippen molar-refractivity contribution in [3.63, 3.8) is 0 Å². The highest BCUT2D eigenvalue weighted by molar-refractivity contribution is 8.10. The number of ether oxygens (including phenoxy) is 2. The van der Waals surface area contributed by atoms with Crippen LogP contribution in [0.2, 0.25) is 0 Å². The maximum atomic E-state index is 14.1. The molecule has 4 rings (SSSR count). The van der Waals surface area contributed by atoms with Gasteiger partial charge in [0.25, 0.3) is 0 Å². The zero-order valence-electron chi connectivity index (χ0n) is 18.0. The van der Waals surface area contributed by atoms with Crippen LogP contribution in [0, 0.1) is 0 Å². The lowest BCUT2D eigenvalue weighted by molar-refractivity contribution is -0.145. The number of sulfone groups is 2. The van der Waals surface area contributed by atoms with Gasteiger partial charge in [-0.2, -0.15) is 0 Å². The molecule has 6 nitrogen and oxygen atoms in total. The van der Waals surface area contributed by atoms with Crippen LogP contribution < -0.4 is 0 Å². The van der Waals surface area contributed by atoms with Crippen molar-refractivity contribution < 1.29 is 26.3 Å². The number of hydrogen-bond donors (Lipinski definition) is 0. The molecule has 0 saturated carbocycles. The van der Waals surface area contributed by atoms with E-state index in [1.54, 1.807) is 36.4 Å². The minimum Gasteiger partial charge on any atom is -0.373 e. The molecule has 0 amide bonds. The monoisotopic (exact) mass is 476 g/mol. The van der Waals surface area contributed by atoms with E-state index in [0.29, 0.717) is 13.0 Å². The summed E-state index contributed by atoms with van der Waals surface area (Å²) in [4.78, 5) is -0.0547.